The lowest BCUT2D eigenvalue weighted by molar-refractivity contribution is 0.102. The number of aryl methyl sites for hydroxylation is 1. The van der Waals surface area contributed by atoms with Crippen LogP contribution in [0.2, 0.25) is 0 Å². The van der Waals surface area contributed by atoms with Crippen molar-refractivity contribution >= 4 is 11.9 Å². The van der Waals surface area contributed by atoms with Gasteiger partial charge in [-0.2, -0.15) is 4.98 Å². The average molecular weight is 292 g/mol. The second kappa shape index (κ2) is 6.12. The minimum absolute atomic E-state index is 0.189. The number of hydrogen-bond donors (Lipinski definition) is 2. The number of aromatic nitrogens is 3. The number of carbonyl (C=O) groups excluding carboxylic acids is 1. The van der Waals surface area contributed by atoms with Crippen molar-refractivity contribution in [2.24, 2.45) is 0 Å². The maximum atomic E-state index is 12.3. The number of nitrogens with zero attached hydrogens (tertiary/aromatic N) is 2. The summed E-state index contributed by atoms with van der Waals surface area (Å²) in [5.74, 6) is 1.64. The second-order valence-corrected chi connectivity index (χ2v) is 4.11. The number of benzene rings is 1. The van der Waals surface area contributed by atoms with Crippen LogP contribution in [-0.4, -0.2) is 42.4 Å². The zero-order chi connectivity index (χ0) is 15.4. The number of H-pyrrole nitrogens is 1. The van der Waals surface area contributed by atoms with E-state index in [1.165, 1.54) is 27.4 Å². The van der Waals surface area contributed by atoms with Gasteiger partial charge in [0.1, 0.15) is 11.6 Å². The highest BCUT2D eigenvalue weighted by atomic mass is 16.5. The molecule has 0 unspecified atom stereocenters. The number of hydrogen-bond acceptors (Lipinski definition) is 6. The van der Waals surface area contributed by atoms with Gasteiger partial charge in [-0.15, -0.1) is 5.10 Å². The monoisotopic (exact) mass is 292 g/mol. The fraction of sp³-hybridized carbons (Fsp3) is 0.308. The van der Waals surface area contributed by atoms with E-state index < -0.39 is 5.91 Å². The fourth-order valence-electron chi connectivity index (χ4n) is 1.77. The van der Waals surface area contributed by atoms with Crippen molar-refractivity contribution < 1.29 is 19.0 Å². The van der Waals surface area contributed by atoms with Crippen LogP contribution in [0.25, 0.3) is 0 Å². The van der Waals surface area contributed by atoms with E-state index in [9.17, 15) is 4.79 Å². The van der Waals surface area contributed by atoms with Gasteiger partial charge in [0.2, 0.25) is 5.95 Å². The molecule has 0 atom stereocenters. The summed E-state index contributed by atoms with van der Waals surface area (Å²) in [6.07, 6.45) is 0. The highest BCUT2D eigenvalue weighted by molar-refractivity contribution is 6.05. The van der Waals surface area contributed by atoms with Crippen molar-refractivity contribution in [2.75, 3.05) is 26.6 Å². The van der Waals surface area contributed by atoms with Gasteiger partial charge in [-0.05, 0) is 6.92 Å². The number of anilines is 1. The fourth-order valence-corrected chi connectivity index (χ4v) is 1.77. The molecule has 1 aromatic carbocycles. The van der Waals surface area contributed by atoms with E-state index in [-0.39, 0.29) is 11.5 Å². The molecule has 2 aromatic rings. The van der Waals surface area contributed by atoms with Crippen LogP contribution in [-0.2, 0) is 0 Å². The molecule has 0 fully saturated rings. The van der Waals surface area contributed by atoms with E-state index in [1.807, 2.05) is 0 Å². The predicted molar refractivity (Wildman–Crippen MR) is 75.2 cm³/mol. The van der Waals surface area contributed by atoms with Crippen LogP contribution in [0.5, 0.6) is 17.2 Å². The zero-order valence-corrected chi connectivity index (χ0v) is 12.2. The average Bonchev–Trinajstić information content (AvgIpc) is 2.90. The number of nitrogens with one attached hydrogen (secondary N) is 2. The van der Waals surface area contributed by atoms with Crippen LogP contribution >= 0.6 is 0 Å². The highest BCUT2D eigenvalue weighted by Gasteiger charge is 2.18. The summed E-state index contributed by atoms with van der Waals surface area (Å²) in [7, 11) is 4.47. The van der Waals surface area contributed by atoms with Crippen molar-refractivity contribution in [1.82, 2.24) is 15.2 Å². The van der Waals surface area contributed by atoms with Crippen LogP contribution in [0.4, 0.5) is 5.95 Å². The zero-order valence-electron chi connectivity index (χ0n) is 12.2. The lowest BCUT2D eigenvalue weighted by Gasteiger charge is -2.13. The number of rotatable bonds is 5. The lowest BCUT2D eigenvalue weighted by atomic mass is 10.1. The van der Waals surface area contributed by atoms with Crippen molar-refractivity contribution in [1.29, 1.82) is 0 Å². The van der Waals surface area contributed by atoms with E-state index in [0.29, 0.717) is 23.1 Å². The molecule has 0 spiro atoms. The maximum Gasteiger partial charge on any atom is 0.261 e. The summed E-state index contributed by atoms with van der Waals surface area (Å²) < 4.78 is 15.6. The molecule has 0 saturated carbocycles. The van der Waals surface area contributed by atoms with E-state index in [4.69, 9.17) is 14.2 Å². The topological polar surface area (TPSA) is 98.4 Å². The third kappa shape index (κ3) is 3.04. The minimum atomic E-state index is -0.410. The van der Waals surface area contributed by atoms with Gasteiger partial charge in [-0.25, -0.2) is 0 Å². The van der Waals surface area contributed by atoms with Crippen molar-refractivity contribution in [3.05, 3.63) is 23.5 Å². The Bertz CT molecular complexity index is 654. The predicted octanol–water partition coefficient (Wildman–Crippen LogP) is 1.39. The maximum absolute atomic E-state index is 12.3. The number of ether oxygens (including phenoxy) is 3. The third-order valence-corrected chi connectivity index (χ3v) is 2.77. The number of carbonyl (C=O) groups is 1. The third-order valence-electron chi connectivity index (χ3n) is 2.77. The van der Waals surface area contributed by atoms with Gasteiger partial charge >= 0.3 is 0 Å². The van der Waals surface area contributed by atoms with Crippen LogP contribution in [0.3, 0.4) is 0 Å². The molecule has 112 valence electrons. The van der Waals surface area contributed by atoms with E-state index in [1.54, 1.807) is 13.0 Å². The Morgan fingerprint density at radius 3 is 2.24 bits per heavy atom. The molecule has 0 aliphatic carbocycles. The van der Waals surface area contributed by atoms with Crippen LogP contribution in [0.1, 0.15) is 16.2 Å². The van der Waals surface area contributed by atoms with Crippen molar-refractivity contribution in [2.45, 2.75) is 6.92 Å². The molecule has 1 heterocycles. The van der Waals surface area contributed by atoms with Crippen LogP contribution in [0, 0.1) is 6.92 Å². The normalized spacial score (nSPS) is 10.1. The summed E-state index contributed by atoms with van der Waals surface area (Å²) >= 11 is 0. The molecule has 0 aliphatic heterocycles. The van der Waals surface area contributed by atoms with E-state index in [2.05, 4.69) is 20.5 Å². The van der Waals surface area contributed by atoms with Crippen molar-refractivity contribution in [3.63, 3.8) is 0 Å². The molecule has 0 saturated heterocycles. The summed E-state index contributed by atoms with van der Waals surface area (Å²) in [4.78, 5) is 16.3. The molecule has 1 amide bonds. The first-order chi connectivity index (χ1) is 10.1. The van der Waals surface area contributed by atoms with Gasteiger partial charge in [-0.3, -0.25) is 15.2 Å². The Morgan fingerprint density at radius 1 is 1.10 bits per heavy atom. The molecule has 0 aliphatic rings. The van der Waals surface area contributed by atoms with Crippen LogP contribution < -0.4 is 19.5 Å². The Hall–Kier alpha value is -2.77. The highest BCUT2D eigenvalue weighted by Crippen LogP contribution is 2.34. The molecule has 21 heavy (non-hydrogen) atoms. The molecular formula is C13H16N4O4. The largest absolute Gasteiger partial charge is 0.496 e. The van der Waals surface area contributed by atoms with Gasteiger partial charge in [-0.1, -0.05) is 0 Å². The van der Waals surface area contributed by atoms with Crippen LogP contribution in [0.15, 0.2) is 12.1 Å². The first kappa shape index (κ1) is 14.6. The molecule has 8 nitrogen and oxygen atoms in total. The molecule has 1 aromatic heterocycles. The smallest absolute Gasteiger partial charge is 0.261 e. The molecular weight excluding hydrogens is 276 g/mol. The Labute approximate surface area is 121 Å². The number of methoxy groups -OCH3 is 3. The van der Waals surface area contributed by atoms with Gasteiger partial charge in [0.25, 0.3) is 5.91 Å². The molecule has 2 rings (SSSR count). The number of aromatic amines is 1. The summed E-state index contributed by atoms with van der Waals surface area (Å²) in [5, 5.41) is 9.07. The van der Waals surface area contributed by atoms with Gasteiger partial charge in [0.15, 0.2) is 11.5 Å². The SMILES string of the molecule is COc1cc(OC)c(C(=O)Nc2n[nH]c(C)n2)cc1OC. The Balaban J connectivity index is 2.34. The lowest BCUT2D eigenvalue weighted by Crippen LogP contribution is -2.14. The van der Waals surface area contributed by atoms with E-state index in [0.717, 1.165) is 0 Å². The molecule has 0 radical (unpaired) electrons. The molecule has 8 heteroatoms. The molecule has 0 bridgehead atoms. The second-order valence-electron chi connectivity index (χ2n) is 4.11. The molecule has 2 N–H and O–H groups in total. The first-order valence-electron chi connectivity index (χ1n) is 6.09. The Morgan fingerprint density at radius 2 is 1.71 bits per heavy atom. The summed E-state index contributed by atoms with van der Waals surface area (Å²) in [6.45, 7) is 1.74. The first-order valence-corrected chi connectivity index (χ1v) is 6.09. The van der Waals surface area contributed by atoms with Gasteiger partial charge < -0.3 is 14.2 Å². The van der Waals surface area contributed by atoms with Crippen molar-refractivity contribution in [3.8, 4) is 17.2 Å². The summed E-state index contributed by atoms with van der Waals surface area (Å²) in [5.41, 5.74) is 0.289. The standard InChI is InChI=1S/C13H16N4O4/c1-7-14-13(17-16-7)15-12(18)8-5-10(20-3)11(21-4)6-9(8)19-2/h5-6H,1-4H3,(H2,14,15,16,17,18). The minimum Gasteiger partial charge on any atom is -0.496 e. The quantitative estimate of drug-likeness (QED) is 0.864. The summed E-state index contributed by atoms with van der Waals surface area (Å²) in [6, 6.07) is 3.11. The van der Waals surface area contributed by atoms with Gasteiger partial charge in [0.05, 0.1) is 26.9 Å². The van der Waals surface area contributed by atoms with Gasteiger partial charge in [0, 0.05) is 12.1 Å². The number of amides is 1. The van der Waals surface area contributed by atoms with E-state index >= 15 is 0 Å². The Kier molecular flexibility index (Phi) is 4.27.